The lowest BCUT2D eigenvalue weighted by molar-refractivity contribution is -0.140. The van der Waals surface area contributed by atoms with Crippen LogP contribution in [0.5, 0.6) is 0 Å². The van der Waals surface area contributed by atoms with Gasteiger partial charge in [0.2, 0.25) is 0 Å². The zero-order chi connectivity index (χ0) is 19.6. The van der Waals surface area contributed by atoms with E-state index in [4.69, 9.17) is 5.11 Å². The molecule has 2 aromatic carbocycles. The van der Waals surface area contributed by atoms with Gasteiger partial charge in [-0.2, -0.15) is 0 Å². The second-order valence-corrected chi connectivity index (χ2v) is 7.40. The molecule has 27 heavy (non-hydrogen) atoms. The first kappa shape index (κ1) is 19.3. The number of aliphatic hydroxyl groups is 2. The lowest BCUT2D eigenvalue weighted by Gasteiger charge is -2.25. The lowest BCUT2D eigenvalue weighted by atomic mass is 9.95. The maximum atomic E-state index is 12.7. The summed E-state index contributed by atoms with van der Waals surface area (Å²) < 4.78 is 0.872. The third kappa shape index (κ3) is 3.82. The standard InChI is InChI=1S/C21H20BrNO4/c1-13-3-5-15(6-4-13)19(25)17-18(14-7-9-16(22)10-8-14)23(11-2-12-24)21(27)20(17)26/h3-10,18,24-25H,2,11-12H2,1H3/t18-/m1/s1. The summed E-state index contributed by atoms with van der Waals surface area (Å²) in [6.45, 7) is 2.07. The van der Waals surface area contributed by atoms with E-state index in [1.165, 1.54) is 4.90 Å². The number of carbonyl (C=O) groups is 2. The van der Waals surface area contributed by atoms with E-state index in [2.05, 4.69) is 15.9 Å². The number of hydrogen-bond acceptors (Lipinski definition) is 4. The third-order valence-electron chi connectivity index (χ3n) is 4.61. The fraction of sp³-hybridized carbons (Fsp3) is 0.238. The van der Waals surface area contributed by atoms with Crippen molar-refractivity contribution < 1.29 is 19.8 Å². The monoisotopic (exact) mass is 429 g/mol. The molecule has 0 bridgehead atoms. The van der Waals surface area contributed by atoms with Crippen LogP contribution >= 0.6 is 15.9 Å². The number of Topliss-reactive ketones (excluding diaryl/α,β-unsaturated/α-hetero) is 1. The second kappa shape index (κ2) is 8.06. The molecule has 3 rings (SSSR count). The minimum absolute atomic E-state index is 0.0733. The number of aryl methyl sites for hydroxylation is 1. The minimum atomic E-state index is -0.709. The number of halogens is 1. The Hall–Kier alpha value is -2.44. The Morgan fingerprint density at radius 3 is 2.30 bits per heavy atom. The highest BCUT2D eigenvalue weighted by molar-refractivity contribution is 9.10. The molecule has 1 heterocycles. The zero-order valence-corrected chi connectivity index (χ0v) is 16.4. The Labute approximate surface area is 166 Å². The quantitative estimate of drug-likeness (QED) is 0.432. The molecule has 2 N–H and O–H groups in total. The van der Waals surface area contributed by atoms with E-state index < -0.39 is 17.7 Å². The van der Waals surface area contributed by atoms with E-state index in [9.17, 15) is 14.7 Å². The van der Waals surface area contributed by atoms with Crippen LogP contribution in [0.4, 0.5) is 0 Å². The predicted octanol–water partition coefficient (Wildman–Crippen LogP) is 3.56. The van der Waals surface area contributed by atoms with E-state index in [1.807, 2.05) is 43.3 Å². The Morgan fingerprint density at radius 2 is 1.70 bits per heavy atom. The lowest BCUT2D eigenvalue weighted by Crippen LogP contribution is -2.31. The molecule has 0 saturated carbocycles. The zero-order valence-electron chi connectivity index (χ0n) is 14.9. The SMILES string of the molecule is Cc1ccc(C(O)=C2C(=O)C(=O)N(CCCO)[C@@H]2c2ccc(Br)cc2)cc1. The van der Waals surface area contributed by atoms with Crippen LogP contribution in [0.3, 0.4) is 0 Å². The van der Waals surface area contributed by atoms with Crippen LogP contribution in [-0.2, 0) is 9.59 Å². The van der Waals surface area contributed by atoms with E-state index in [0.717, 1.165) is 15.6 Å². The van der Waals surface area contributed by atoms with Crippen molar-refractivity contribution in [2.45, 2.75) is 19.4 Å². The maximum Gasteiger partial charge on any atom is 0.295 e. The Morgan fingerprint density at radius 1 is 1.07 bits per heavy atom. The molecule has 140 valence electrons. The Bertz CT molecular complexity index is 887. The number of aliphatic hydroxyl groups excluding tert-OH is 2. The summed E-state index contributed by atoms with van der Waals surface area (Å²) in [5.74, 6) is -1.56. The molecule has 0 aromatic heterocycles. The molecule has 0 aliphatic carbocycles. The summed E-state index contributed by atoms with van der Waals surface area (Å²) in [6.07, 6.45) is 0.352. The van der Waals surface area contributed by atoms with Gasteiger partial charge in [-0.05, 0) is 31.0 Å². The smallest absolute Gasteiger partial charge is 0.295 e. The van der Waals surface area contributed by atoms with E-state index in [-0.39, 0.29) is 24.5 Å². The number of nitrogens with zero attached hydrogens (tertiary/aromatic N) is 1. The molecule has 1 fully saturated rings. The van der Waals surface area contributed by atoms with Crippen molar-refractivity contribution in [3.05, 3.63) is 75.3 Å². The van der Waals surface area contributed by atoms with E-state index in [0.29, 0.717) is 12.0 Å². The molecule has 2 aromatic rings. The molecule has 1 atom stereocenters. The first-order valence-electron chi connectivity index (χ1n) is 8.66. The van der Waals surface area contributed by atoms with Crippen molar-refractivity contribution in [2.75, 3.05) is 13.2 Å². The van der Waals surface area contributed by atoms with Crippen molar-refractivity contribution in [3.63, 3.8) is 0 Å². The molecule has 1 aliphatic heterocycles. The van der Waals surface area contributed by atoms with Crippen molar-refractivity contribution in [1.82, 2.24) is 4.90 Å². The summed E-state index contributed by atoms with van der Waals surface area (Å²) in [7, 11) is 0. The van der Waals surface area contributed by atoms with Gasteiger partial charge in [0.1, 0.15) is 5.76 Å². The van der Waals surface area contributed by atoms with Crippen LogP contribution < -0.4 is 0 Å². The first-order valence-corrected chi connectivity index (χ1v) is 9.45. The molecule has 1 saturated heterocycles. The van der Waals surface area contributed by atoms with Crippen molar-refractivity contribution in [1.29, 1.82) is 0 Å². The van der Waals surface area contributed by atoms with Gasteiger partial charge in [-0.1, -0.05) is 57.9 Å². The second-order valence-electron chi connectivity index (χ2n) is 6.49. The van der Waals surface area contributed by atoms with Gasteiger partial charge < -0.3 is 15.1 Å². The number of hydrogen-bond donors (Lipinski definition) is 2. The number of carbonyl (C=O) groups excluding carboxylic acids is 2. The first-order chi connectivity index (χ1) is 12.9. The molecule has 6 heteroatoms. The van der Waals surface area contributed by atoms with Crippen LogP contribution in [-0.4, -0.2) is 40.0 Å². The highest BCUT2D eigenvalue weighted by Gasteiger charge is 2.45. The Balaban J connectivity index is 2.14. The predicted molar refractivity (Wildman–Crippen MR) is 106 cm³/mol. The van der Waals surface area contributed by atoms with Crippen LogP contribution in [0.1, 0.15) is 29.2 Å². The molecule has 0 radical (unpaired) electrons. The topological polar surface area (TPSA) is 77.8 Å². The van der Waals surface area contributed by atoms with E-state index in [1.54, 1.807) is 12.1 Å². The van der Waals surface area contributed by atoms with E-state index >= 15 is 0 Å². The largest absolute Gasteiger partial charge is 0.507 e. The van der Waals surface area contributed by atoms with Crippen molar-refractivity contribution in [3.8, 4) is 0 Å². The number of ketones is 1. The Kier molecular flexibility index (Phi) is 5.77. The van der Waals surface area contributed by atoms with Crippen molar-refractivity contribution >= 4 is 33.4 Å². The highest BCUT2D eigenvalue weighted by Crippen LogP contribution is 2.39. The number of benzene rings is 2. The minimum Gasteiger partial charge on any atom is -0.507 e. The molecular formula is C21H20BrNO4. The average molecular weight is 430 g/mol. The van der Waals surface area contributed by atoms with Gasteiger partial charge in [0.05, 0.1) is 11.6 Å². The fourth-order valence-corrected chi connectivity index (χ4v) is 3.47. The summed E-state index contributed by atoms with van der Waals surface area (Å²) >= 11 is 3.38. The summed E-state index contributed by atoms with van der Waals surface area (Å²) in [5.41, 5.74) is 2.32. The molecule has 5 nitrogen and oxygen atoms in total. The van der Waals surface area contributed by atoms with Crippen molar-refractivity contribution in [2.24, 2.45) is 0 Å². The van der Waals surface area contributed by atoms with Gasteiger partial charge in [0.15, 0.2) is 0 Å². The van der Waals surface area contributed by atoms with Crippen LogP contribution in [0.2, 0.25) is 0 Å². The van der Waals surface area contributed by atoms with Crippen LogP contribution in [0.25, 0.3) is 5.76 Å². The molecule has 1 aliphatic rings. The molecule has 0 unspecified atom stereocenters. The summed E-state index contributed by atoms with van der Waals surface area (Å²) in [4.78, 5) is 26.8. The van der Waals surface area contributed by atoms with Gasteiger partial charge in [-0.25, -0.2) is 0 Å². The number of amides is 1. The third-order valence-corrected chi connectivity index (χ3v) is 5.14. The number of rotatable bonds is 5. The van der Waals surface area contributed by atoms with Gasteiger partial charge in [0.25, 0.3) is 11.7 Å². The summed E-state index contributed by atoms with van der Waals surface area (Å²) in [6, 6.07) is 13.7. The van der Waals surface area contributed by atoms with Gasteiger partial charge in [0, 0.05) is 23.2 Å². The average Bonchev–Trinajstić information content (AvgIpc) is 2.91. The molecule has 0 spiro atoms. The van der Waals surface area contributed by atoms with Crippen LogP contribution in [0, 0.1) is 6.92 Å². The normalized spacial score (nSPS) is 18.9. The van der Waals surface area contributed by atoms with Gasteiger partial charge >= 0.3 is 0 Å². The maximum absolute atomic E-state index is 12.7. The van der Waals surface area contributed by atoms with Crippen LogP contribution in [0.15, 0.2) is 58.6 Å². The van der Waals surface area contributed by atoms with Gasteiger partial charge in [-0.15, -0.1) is 0 Å². The highest BCUT2D eigenvalue weighted by atomic mass is 79.9. The molecular weight excluding hydrogens is 410 g/mol. The van der Waals surface area contributed by atoms with Gasteiger partial charge in [-0.3, -0.25) is 9.59 Å². The fourth-order valence-electron chi connectivity index (χ4n) is 3.21. The number of likely N-dealkylation sites (tertiary alicyclic amines) is 1. The summed E-state index contributed by atoms with van der Waals surface area (Å²) in [5, 5.41) is 20.0. The molecule has 1 amide bonds.